The molecule has 9 nitrogen and oxygen atoms in total. The Bertz CT molecular complexity index is 663. The monoisotopic (exact) mass is 421 g/mol. The molecule has 0 amide bonds. The molecule has 10 heteroatoms. The quantitative estimate of drug-likeness (QED) is 0.155. The zero-order valence-electron chi connectivity index (χ0n) is 17.7. The Hall–Kier alpha value is -2.41. The SMILES string of the molecule is Cc1[nH]cnc1CSCCN=C(N)NCCCCCCCCN(C)C(N)=NC#N. The highest BCUT2D eigenvalue weighted by atomic mass is 32.2. The van der Waals surface area contributed by atoms with E-state index in [0.717, 1.165) is 55.2 Å². The Labute approximate surface area is 178 Å². The predicted molar refractivity (Wildman–Crippen MR) is 122 cm³/mol. The van der Waals surface area contributed by atoms with Crippen molar-refractivity contribution in [3.05, 3.63) is 17.7 Å². The molecule has 0 fully saturated rings. The van der Waals surface area contributed by atoms with Gasteiger partial charge in [-0.05, 0) is 19.8 Å². The van der Waals surface area contributed by atoms with Crippen LogP contribution in [0.25, 0.3) is 0 Å². The summed E-state index contributed by atoms with van der Waals surface area (Å²) < 4.78 is 0. The second-order valence-electron chi connectivity index (χ2n) is 6.83. The van der Waals surface area contributed by atoms with Crippen molar-refractivity contribution in [3.8, 4) is 6.19 Å². The van der Waals surface area contributed by atoms with Crippen molar-refractivity contribution in [3.63, 3.8) is 0 Å². The topological polar surface area (TPSA) is 144 Å². The minimum Gasteiger partial charge on any atom is -0.370 e. The highest BCUT2D eigenvalue weighted by Crippen LogP contribution is 2.12. The van der Waals surface area contributed by atoms with E-state index in [1.807, 2.05) is 30.6 Å². The second-order valence-corrected chi connectivity index (χ2v) is 7.94. The molecule has 0 radical (unpaired) electrons. The molecule has 1 aromatic rings. The summed E-state index contributed by atoms with van der Waals surface area (Å²) in [7, 11) is 1.85. The summed E-state index contributed by atoms with van der Waals surface area (Å²) in [6, 6.07) is 0. The number of aliphatic imine (C=N–C) groups is 2. The van der Waals surface area contributed by atoms with Crippen molar-refractivity contribution in [1.82, 2.24) is 20.2 Å². The molecular weight excluding hydrogens is 386 g/mol. The van der Waals surface area contributed by atoms with Crippen LogP contribution < -0.4 is 16.8 Å². The molecule has 162 valence electrons. The van der Waals surface area contributed by atoms with E-state index in [0.29, 0.717) is 12.5 Å². The van der Waals surface area contributed by atoms with Gasteiger partial charge in [0.1, 0.15) is 0 Å². The van der Waals surface area contributed by atoms with Gasteiger partial charge in [0.05, 0.1) is 18.6 Å². The molecule has 29 heavy (non-hydrogen) atoms. The van der Waals surface area contributed by atoms with E-state index in [9.17, 15) is 0 Å². The number of unbranched alkanes of at least 4 members (excludes halogenated alkanes) is 5. The number of nitriles is 1. The van der Waals surface area contributed by atoms with Gasteiger partial charge in [0.15, 0.2) is 5.96 Å². The molecule has 0 aliphatic heterocycles. The Morgan fingerprint density at radius 1 is 1.28 bits per heavy atom. The first-order valence-electron chi connectivity index (χ1n) is 10.1. The van der Waals surface area contributed by atoms with Crippen molar-refractivity contribution in [2.75, 3.05) is 32.4 Å². The Balaban J connectivity index is 1.92. The average Bonchev–Trinajstić information content (AvgIpc) is 3.11. The van der Waals surface area contributed by atoms with Gasteiger partial charge in [-0.1, -0.05) is 25.7 Å². The molecular formula is C19H35N9S. The number of nitrogens with one attached hydrogen (secondary N) is 2. The van der Waals surface area contributed by atoms with E-state index in [-0.39, 0.29) is 5.96 Å². The molecule has 0 saturated heterocycles. The Kier molecular flexibility index (Phi) is 13.2. The van der Waals surface area contributed by atoms with E-state index in [1.165, 1.54) is 19.3 Å². The lowest BCUT2D eigenvalue weighted by Crippen LogP contribution is -2.34. The summed E-state index contributed by atoms with van der Waals surface area (Å²) in [5, 5.41) is 11.6. The lowest BCUT2D eigenvalue weighted by atomic mass is 10.1. The van der Waals surface area contributed by atoms with Gasteiger partial charge < -0.3 is 26.7 Å². The molecule has 1 rings (SSSR count). The van der Waals surface area contributed by atoms with Crippen LogP contribution in [0.2, 0.25) is 0 Å². The van der Waals surface area contributed by atoms with E-state index in [2.05, 4.69) is 25.3 Å². The molecule has 0 bridgehead atoms. The summed E-state index contributed by atoms with van der Waals surface area (Å²) in [5.74, 6) is 2.64. The Morgan fingerprint density at radius 3 is 2.69 bits per heavy atom. The molecule has 0 aromatic carbocycles. The standard InChI is InChI=1S/C19H35N9S/c1-16-17(27-15-26-16)13-29-12-10-24-18(21)23-9-7-5-3-4-6-8-11-28(2)19(22)25-14-20/h15H,3-13H2,1-2H3,(H2,22,25)(H,26,27)(H3,21,23,24). The van der Waals surface area contributed by atoms with Crippen LogP contribution in [0.4, 0.5) is 0 Å². The van der Waals surface area contributed by atoms with Gasteiger partial charge in [-0.25, -0.2) is 4.98 Å². The summed E-state index contributed by atoms with van der Waals surface area (Å²) in [5.41, 5.74) is 13.8. The molecule has 0 saturated carbocycles. The largest absolute Gasteiger partial charge is 0.370 e. The van der Waals surface area contributed by atoms with Crippen molar-refractivity contribution in [2.24, 2.45) is 21.5 Å². The number of H-pyrrole nitrogens is 1. The van der Waals surface area contributed by atoms with Crippen LogP contribution in [0, 0.1) is 18.4 Å². The van der Waals surface area contributed by atoms with E-state index in [4.69, 9.17) is 16.7 Å². The maximum absolute atomic E-state index is 8.47. The molecule has 0 unspecified atom stereocenters. The Morgan fingerprint density at radius 2 is 2.00 bits per heavy atom. The molecule has 0 aliphatic carbocycles. The van der Waals surface area contributed by atoms with Crippen LogP contribution in [-0.4, -0.2) is 59.2 Å². The number of thioether (sulfide) groups is 1. The number of hydrogen-bond donors (Lipinski definition) is 4. The highest BCUT2D eigenvalue weighted by molar-refractivity contribution is 7.98. The fourth-order valence-corrected chi connectivity index (χ4v) is 3.49. The first kappa shape index (κ1) is 24.6. The number of nitrogens with two attached hydrogens (primary N) is 2. The minimum atomic E-state index is 0.282. The number of rotatable bonds is 14. The number of nitrogens with zero attached hydrogens (tertiary/aromatic N) is 5. The fraction of sp³-hybridized carbons (Fsp3) is 0.684. The van der Waals surface area contributed by atoms with Crippen molar-refractivity contribution in [2.45, 2.75) is 51.2 Å². The minimum absolute atomic E-state index is 0.282. The summed E-state index contributed by atoms with van der Waals surface area (Å²) in [4.78, 5) is 17.1. The number of aromatic nitrogens is 2. The molecule has 6 N–H and O–H groups in total. The first-order valence-corrected chi connectivity index (χ1v) is 11.2. The normalized spacial score (nSPS) is 12.0. The number of aromatic amines is 1. The molecule has 1 aromatic heterocycles. The van der Waals surface area contributed by atoms with Crippen LogP contribution >= 0.6 is 11.8 Å². The summed E-state index contributed by atoms with van der Waals surface area (Å²) >= 11 is 1.81. The number of aryl methyl sites for hydroxylation is 1. The molecule has 0 aliphatic rings. The van der Waals surface area contributed by atoms with Gasteiger partial charge in [0.2, 0.25) is 12.2 Å². The maximum atomic E-state index is 8.47. The van der Waals surface area contributed by atoms with Crippen molar-refractivity contribution >= 4 is 23.7 Å². The van der Waals surface area contributed by atoms with E-state index in [1.54, 1.807) is 12.5 Å². The summed E-state index contributed by atoms with van der Waals surface area (Å²) in [6.07, 6.45) is 10.3. The first-order chi connectivity index (χ1) is 14.0. The van der Waals surface area contributed by atoms with Crippen molar-refractivity contribution < 1.29 is 0 Å². The van der Waals surface area contributed by atoms with E-state index < -0.39 is 0 Å². The van der Waals surface area contributed by atoms with Gasteiger partial charge in [-0.15, -0.1) is 4.99 Å². The van der Waals surface area contributed by atoms with Crippen LogP contribution in [0.5, 0.6) is 0 Å². The summed E-state index contributed by atoms with van der Waals surface area (Å²) in [6.45, 7) is 4.43. The van der Waals surface area contributed by atoms with E-state index >= 15 is 0 Å². The third-order valence-electron chi connectivity index (χ3n) is 4.47. The second kappa shape index (κ2) is 15.5. The van der Waals surface area contributed by atoms with Gasteiger partial charge in [-0.3, -0.25) is 4.99 Å². The lowest BCUT2D eigenvalue weighted by Gasteiger charge is -2.16. The lowest BCUT2D eigenvalue weighted by molar-refractivity contribution is 0.461. The smallest absolute Gasteiger partial charge is 0.209 e. The van der Waals surface area contributed by atoms with Crippen molar-refractivity contribution in [1.29, 1.82) is 5.26 Å². The predicted octanol–water partition coefficient (Wildman–Crippen LogP) is 1.92. The number of guanidine groups is 2. The van der Waals surface area contributed by atoms with Gasteiger partial charge in [0.25, 0.3) is 0 Å². The van der Waals surface area contributed by atoms with Gasteiger partial charge in [-0.2, -0.15) is 17.0 Å². The van der Waals surface area contributed by atoms with Crippen LogP contribution in [0.3, 0.4) is 0 Å². The molecule has 1 heterocycles. The van der Waals surface area contributed by atoms with Crippen LogP contribution in [0.1, 0.15) is 49.9 Å². The highest BCUT2D eigenvalue weighted by Gasteiger charge is 2.01. The molecule has 0 spiro atoms. The maximum Gasteiger partial charge on any atom is 0.209 e. The zero-order valence-corrected chi connectivity index (χ0v) is 18.5. The third kappa shape index (κ3) is 11.9. The average molecular weight is 422 g/mol. The third-order valence-corrected chi connectivity index (χ3v) is 5.42. The zero-order chi connectivity index (χ0) is 21.3. The van der Waals surface area contributed by atoms with Crippen LogP contribution in [0.15, 0.2) is 16.3 Å². The van der Waals surface area contributed by atoms with Gasteiger partial charge in [0, 0.05) is 37.3 Å². The number of hydrogen-bond acceptors (Lipinski definition) is 5. The number of imidazole rings is 1. The fourth-order valence-electron chi connectivity index (χ4n) is 2.64. The molecule has 0 atom stereocenters. The van der Waals surface area contributed by atoms with Gasteiger partial charge >= 0.3 is 0 Å². The van der Waals surface area contributed by atoms with Crippen LogP contribution in [-0.2, 0) is 5.75 Å².